The van der Waals surface area contributed by atoms with Gasteiger partial charge in [-0.25, -0.2) is 0 Å². The van der Waals surface area contributed by atoms with E-state index in [4.69, 9.17) is 5.73 Å². The zero-order chi connectivity index (χ0) is 17.1. The van der Waals surface area contributed by atoms with E-state index in [1.807, 2.05) is 37.3 Å². The highest BCUT2D eigenvalue weighted by atomic mass is 16.2. The number of pyridine rings is 1. The average molecular weight is 323 g/mol. The van der Waals surface area contributed by atoms with Crippen molar-refractivity contribution >= 4 is 28.8 Å². The number of aromatic nitrogens is 1. The summed E-state index contributed by atoms with van der Waals surface area (Å²) in [6.07, 6.45) is 6.63. The molecule has 1 aliphatic rings. The van der Waals surface area contributed by atoms with E-state index in [1.54, 1.807) is 23.2 Å². The number of nitrogens with two attached hydrogens (primary N) is 1. The molecule has 5 heteroatoms. The van der Waals surface area contributed by atoms with Gasteiger partial charge in [-0.05, 0) is 31.9 Å². The Morgan fingerprint density at radius 2 is 2.04 bits per heavy atom. The minimum absolute atomic E-state index is 0.0959. The first-order chi connectivity index (χ1) is 11.6. The molecule has 124 valence electrons. The highest BCUT2D eigenvalue weighted by molar-refractivity contribution is 5.95. The third kappa shape index (κ3) is 3.30. The van der Waals surface area contributed by atoms with E-state index in [9.17, 15) is 9.59 Å². The first kappa shape index (κ1) is 16.2. The van der Waals surface area contributed by atoms with Gasteiger partial charge in [0, 0.05) is 35.8 Å². The van der Waals surface area contributed by atoms with Gasteiger partial charge in [0.25, 0.3) is 0 Å². The Labute approximate surface area is 141 Å². The van der Waals surface area contributed by atoms with Gasteiger partial charge >= 0.3 is 0 Å². The maximum absolute atomic E-state index is 12.6. The number of likely N-dealkylation sites (tertiary alicyclic amines) is 1. The summed E-state index contributed by atoms with van der Waals surface area (Å²) in [6.45, 7) is 2.40. The smallest absolute Gasteiger partial charge is 0.246 e. The van der Waals surface area contributed by atoms with Crippen LogP contribution in [-0.4, -0.2) is 34.3 Å². The zero-order valence-corrected chi connectivity index (χ0v) is 13.7. The molecular weight excluding hydrogens is 302 g/mol. The molecular formula is C19H21N3O2. The normalized spacial score (nSPS) is 21.3. The number of piperidine rings is 1. The van der Waals surface area contributed by atoms with Gasteiger partial charge in [-0.1, -0.05) is 24.3 Å². The highest BCUT2D eigenvalue weighted by Crippen LogP contribution is 2.23. The van der Waals surface area contributed by atoms with Crippen LogP contribution >= 0.6 is 0 Å². The van der Waals surface area contributed by atoms with Crippen molar-refractivity contribution < 1.29 is 9.59 Å². The van der Waals surface area contributed by atoms with Crippen LogP contribution in [0.5, 0.6) is 0 Å². The van der Waals surface area contributed by atoms with Crippen LogP contribution < -0.4 is 5.73 Å². The number of benzene rings is 1. The van der Waals surface area contributed by atoms with Crippen LogP contribution in [0, 0.1) is 5.92 Å². The topological polar surface area (TPSA) is 76.3 Å². The molecule has 1 fully saturated rings. The first-order valence-electron chi connectivity index (χ1n) is 8.18. The largest absolute Gasteiger partial charge is 0.369 e. The van der Waals surface area contributed by atoms with Crippen LogP contribution in [0.2, 0.25) is 0 Å². The Morgan fingerprint density at radius 3 is 2.83 bits per heavy atom. The van der Waals surface area contributed by atoms with Gasteiger partial charge in [0.05, 0.1) is 11.4 Å². The summed E-state index contributed by atoms with van der Waals surface area (Å²) < 4.78 is 0. The van der Waals surface area contributed by atoms with Crippen LogP contribution in [0.1, 0.15) is 25.3 Å². The fraction of sp³-hybridized carbons (Fsp3) is 0.316. The zero-order valence-electron chi connectivity index (χ0n) is 13.7. The van der Waals surface area contributed by atoms with E-state index in [0.717, 1.165) is 29.3 Å². The number of carbonyl (C=O) groups excluding carboxylic acids is 2. The van der Waals surface area contributed by atoms with Crippen molar-refractivity contribution in [2.75, 3.05) is 6.54 Å². The molecule has 1 saturated heterocycles. The van der Waals surface area contributed by atoms with E-state index >= 15 is 0 Å². The third-order valence-corrected chi connectivity index (χ3v) is 4.64. The Balaban J connectivity index is 1.80. The number of amides is 2. The Bertz CT molecular complexity index is 795. The molecule has 0 radical (unpaired) electrons. The Hall–Kier alpha value is -2.69. The van der Waals surface area contributed by atoms with Crippen LogP contribution in [0.15, 0.2) is 42.6 Å². The standard InChI is InChI=1S/C19H21N3O2/c1-13-7-8-16(19(20)24)12-22(13)17(23)10-9-15-5-2-4-14-6-3-11-21-18(14)15/h2-6,9-11,13,16H,7-8,12H2,1H3,(H2,20,24)/b10-9+/t13-,16-/m1/s1. The van der Waals surface area contributed by atoms with Crippen molar-refractivity contribution in [1.29, 1.82) is 0 Å². The molecule has 0 spiro atoms. The number of hydrogen-bond acceptors (Lipinski definition) is 3. The molecule has 1 aromatic carbocycles. The third-order valence-electron chi connectivity index (χ3n) is 4.64. The van der Waals surface area contributed by atoms with Crippen molar-refractivity contribution in [2.45, 2.75) is 25.8 Å². The number of rotatable bonds is 3. The highest BCUT2D eigenvalue weighted by Gasteiger charge is 2.30. The van der Waals surface area contributed by atoms with Gasteiger partial charge in [-0.15, -0.1) is 0 Å². The minimum Gasteiger partial charge on any atom is -0.369 e. The van der Waals surface area contributed by atoms with Crippen molar-refractivity contribution in [3.05, 3.63) is 48.2 Å². The maximum atomic E-state index is 12.6. The van der Waals surface area contributed by atoms with Crippen molar-refractivity contribution in [3.8, 4) is 0 Å². The van der Waals surface area contributed by atoms with Crippen molar-refractivity contribution in [1.82, 2.24) is 9.88 Å². The molecule has 2 amide bonds. The van der Waals surface area contributed by atoms with Crippen LogP contribution in [0.4, 0.5) is 0 Å². The van der Waals surface area contributed by atoms with E-state index < -0.39 is 0 Å². The van der Waals surface area contributed by atoms with E-state index in [-0.39, 0.29) is 23.8 Å². The second-order valence-electron chi connectivity index (χ2n) is 6.27. The second-order valence-corrected chi connectivity index (χ2v) is 6.27. The SMILES string of the molecule is C[C@@H]1CC[C@@H](C(N)=O)CN1C(=O)/C=C/c1cccc2cccnc12. The molecule has 1 aliphatic heterocycles. The summed E-state index contributed by atoms with van der Waals surface area (Å²) in [7, 11) is 0. The molecule has 2 heterocycles. The predicted octanol–water partition coefficient (Wildman–Crippen LogP) is 2.36. The molecule has 3 rings (SSSR count). The molecule has 1 aromatic heterocycles. The number of para-hydroxylation sites is 1. The average Bonchev–Trinajstić information content (AvgIpc) is 2.59. The summed E-state index contributed by atoms with van der Waals surface area (Å²) in [6, 6.07) is 9.87. The molecule has 2 aromatic rings. The molecule has 0 saturated carbocycles. The molecule has 0 bridgehead atoms. The van der Waals surface area contributed by atoms with Gasteiger partial charge in [-0.2, -0.15) is 0 Å². The molecule has 24 heavy (non-hydrogen) atoms. The molecule has 5 nitrogen and oxygen atoms in total. The van der Waals surface area contributed by atoms with Crippen LogP contribution in [0.3, 0.4) is 0 Å². The van der Waals surface area contributed by atoms with Crippen molar-refractivity contribution in [3.63, 3.8) is 0 Å². The molecule has 0 aliphatic carbocycles. The number of nitrogens with zero attached hydrogens (tertiary/aromatic N) is 2. The van der Waals surface area contributed by atoms with E-state index in [0.29, 0.717) is 6.54 Å². The Morgan fingerprint density at radius 1 is 1.25 bits per heavy atom. The van der Waals surface area contributed by atoms with Gasteiger partial charge in [0.2, 0.25) is 11.8 Å². The predicted molar refractivity (Wildman–Crippen MR) is 93.9 cm³/mol. The number of carbonyl (C=O) groups is 2. The summed E-state index contributed by atoms with van der Waals surface area (Å²) in [5, 5.41) is 1.03. The summed E-state index contributed by atoms with van der Waals surface area (Å²) in [4.78, 5) is 30.1. The summed E-state index contributed by atoms with van der Waals surface area (Å²) in [5.74, 6) is -0.680. The summed E-state index contributed by atoms with van der Waals surface area (Å²) >= 11 is 0. The summed E-state index contributed by atoms with van der Waals surface area (Å²) in [5.41, 5.74) is 7.17. The van der Waals surface area contributed by atoms with Crippen LogP contribution in [-0.2, 0) is 9.59 Å². The lowest BCUT2D eigenvalue weighted by atomic mass is 9.93. The van der Waals surface area contributed by atoms with Gasteiger partial charge < -0.3 is 10.6 Å². The van der Waals surface area contributed by atoms with Gasteiger partial charge in [0.15, 0.2) is 0 Å². The van der Waals surface area contributed by atoms with E-state index in [1.165, 1.54) is 0 Å². The minimum atomic E-state index is -0.332. The quantitative estimate of drug-likeness (QED) is 0.881. The van der Waals surface area contributed by atoms with Gasteiger partial charge in [-0.3, -0.25) is 14.6 Å². The lowest BCUT2D eigenvalue weighted by Gasteiger charge is -2.36. The van der Waals surface area contributed by atoms with Gasteiger partial charge in [0.1, 0.15) is 0 Å². The second kappa shape index (κ2) is 6.83. The molecule has 0 unspecified atom stereocenters. The monoisotopic (exact) mass is 323 g/mol. The Kier molecular flexibility index (Phi) is 4.60. The first-order valence-corrected chi connectivity index (χ1v) is 8.18. The molecule has 2 atom stereocenters. The molecule has 2 N–H and O–H groups in total. The fourth-order valence-electron chi connectivity index (χ4n) is 3.17. The number of primary amides is 1. The lowest BCUT2D eigenvalue weighted by Crippen LogP contribution is -2.48. The van der Waals surface area contributed by atoms with E-state index in [2.05, 4.69) is 4.98 Å². The lowest BCUT2D eigenvalue weighted by molar-refractivity contribution is -0.133. The number of hydrogen-bond donors (Lipinski definition) is 1. The van der Waals surface area contributed by atoms with Crippen LogP contribution in [0.25, 0.3) is 17.0 Å². The number of fused-ring (bicyclic) bond motifs is 1. The maximum Gasteiger partial charge on any atom is 0.246 e. The fourth-order valence-corrected chi connectivity index (χ4v) is 3.17. The van der Waals surface area contributed by atoms with Crippen molar-refractivity contribution in [2.24, 2.45) is 11.7 Å².